The molecule has 0 aliphatic heterocycles. The first-order valence-corrected chi connectivity index (χ1v) is 3.27. The number of nitrogens with two attached hydrogens (primary N) is 1. The molecule has 0 atom stereocenters. The fraction of sp³-hybridized carbons (Fsp3) is 0.714. The number of hydrogen-bond donors (Lipinski definition) is 2. The van der Waals surface area contributed by atoms with E-state index in [1.807, 2.05) is 0 Å². The van der Waals surface area contributed by atoms with Gasteiger partial charge in [0.05, 0.1) is 0 Å². The molecule has 0 radical (unpaired) electrons. The molecule has 0 aromatic heterocycles. The average molecular weight is 128 g/mol. The van der Waals surface area contributed by atoms with Gasteiger partial charge in [-0.05, 0) is 20.3 Å². The minimum Gasteiger partial charge on any atom is -0.403 e. The van der Waals surface area contributed by atoms with E-state index in [9.17, 15) is 0 Å². The zero-order chi connectivity index (χ0) is 7.33. The van der Waals surface area contributed by atoms with E-state index in [1.165, 1.54) is 6.20 Å². The van der Waals surface area contributed by atoms with Gasteiger partial charge in [-0.25, -0.2) is 0 Å². The molecule has 9 heavy (non-hydrogen) atoms. The Labute approximate surface area is 57.1 Å². The molecule has 0 aromatic carbocycles. The Hall–Kier alpha value is -0.660. The summed E-state index contributed by atoms with van der Waals surface area (Å²) in [6.07, 6.45) is 4.37. The molecular weight excluding hydrogens is 112 g/mol. The molecule has 0 amide bonds. The van der Waals surface area contributed by atoms with Crippen molar-refractivity contribution in [2.24, 2.45) is 5.73 Å². The second-order valence-corrected chi connectivity index (χ2v) is 2.74. The highest BCUT2D eigenvalue weighted by Gasteiger charge is 2.10. The molecule has 2 nitrogen and oxygen atoms in total. The highest BCUT2D eigenvalue weighted by Crippen LogP contribution is 2.05. The highest BCUT2D eigenvalue weighted by molar-refractivity contribution is 4.84. The van der Waals surface area contributed by atoms with E-state index >= 15 is 0 Å². The summed E-state index contributed by atoms with van der Waals surface area (Å²) in [5, 5.41) is 3.15. The van der Waals surface area contributed by atoms with Crippen LogP contribution in [0.4, 0.5) is 0 Å². The normalized spacial score (nSPS) is 12.3. The fourth-order valence-corrected chi connectivity index (χ4v) is 0.376. The first kappa shape index (κ1) is 8.34. The number of nitrogens with one attached hydrogen (secondary N) is 1. The molecule has 0 saturated heterocycles. The quantitative estimate of drug-likeness (QED) is 0.599. The van der Waals surface area contributed by atoms with E-state index < -0.39 is 0 Å². The molecule has 0 spiro atoms. The van der Waals surface area contributed by atoms with Crippen molar-refractivity contribution >= 4 is 0 Å². The average Bonchev–Trinajstić information content (AvgIpc) is 1.84. The van der Waals surface area contributed by atoms with Gasteiger partial charge in [-0.1, -0.05) is 6.92 Å². The van der Waals surface area contributed by atoms with Crippen LogP contribution in [-0.2, 0) is 0 Å². The SMILES string of the molecule is CCC(C)(C)NC=CN. The van der Waals surface area contributed by atoms with E-state index in [0.717, 1.165) is 6.42 Å². The van der Waals surface area contributed by atoms with Gasteiger partial charge in [0.1, 0.15) is 0 Å². The first-order valence-electron chi connectivity index (χ1n) is 3.27. The maximum absolute atomic E-state index is 5.15. The predicted molar refractivity (Wildman–Crippen MR) is 40.8 cm³/mol. The molecule has 3 N–H and O–H groups in total. The van der Waals surface area contributed by atoms with Crippen LogP contribution in [0.2, 0.25) is 0 Å². The van der Waals surface area contributed by atoms with Crippen LogP contribution >= 0.6 is 0 Å². The van der Waals surface area contributed by atoms with Crippen LogP contribution in [0.25, 0.3) is 0 Å². The van der Waals surface area contributed by atoms with Gasteiger partial charge in [0.2, 0.25) is 0 Å². The van der Waals surface area contributed by atoms with Crippen LogP contribution in [0, 0.1) is 0 Å². The maximum atomic E-state index is 5.15. The third kappa shape index (κ3) is 3.88. The second-order valence-electron chi connectivity index (χ2n) is 2.74. The van der Waals surface area contributed by atoms with E-state index in [2.05, 4.69) is 26.1 Å². The Bertz CT molecular complexity index is 95.1. The van der Waals surface area contributed by atoms with Crippen molar-refractivity contribution in [3.8, 4) is 0 Å². The van der Waals surface area contributed by atoms with Crippen molar-refractivity contribution in [2.75, 3.05) is 0 Å². The van der Waals surface area contributed by atoms with Crippen molar-refractivity contribution in [3.63, 3.8) is 0 Å². The number of rotatable bonds is 3. The Morgan fingerprint density at radius 1 is 1.56 bits per heavy atom. The molecule has 0 heterocycles. The van der Waals surface area contributed by atoms with Crippen LogP contribution in [0.15, 0.2) is 12.4 Å². The smallest absolute Gasteiger partial charge is 0.0310 e. The van der Waals surface area contributed by atoms with Gasteiger partial charge in [0.25, 0.3) is 0 Å². The minimum absolute atomic E-state index is 0.176. The monoisotopic (exact) mass is 128 g/mol. The molecule has 0 aliphatic carbocycles. The third-order valence-corrected chi connectivity index (χ3v) is 1.45. The summed E-state index contributed by atoms with van der Waals surface area (Å²) < 4.78 is 0. The van der Waals surface area contributed by atoms with E-state index in [1.54, 1.807) is 6.20 Å². The standard InChI is InChI=1S/C7H16N2/c1-4-7(2,3)9-6-5-8/h5-6,9H,4,8H2,1-3H3. The summed E-state index contributed by atoms with van der Waals surface area (Å²) >= 11 is 0. The molecular formula is C7H16N2. The highest BCUT2D eigenvalue weighted by atomic mass is 14.9. The summed E-state index contributed by atoms with van der Waals surface area (Å²) in [6, 6.07) is 0. The van der Waals surface area contributed by atoms with E-state index in [0.29, 0.717) is 0 Å². The number of hydrogen-bond acceptors (Lipinski definition) is 2. The third-order valence-electron chi connectivity index (χ3n) is 1.45. The molecule has 0 aromatic rings. The Kier molecular flexibility index (Phi) is 3.13. The van der Waals surface area contributed by atoms with Gasteiger partial charge < -0.3 is 11.1 Å². The van der Waals surface area contributed by atoms with Crippen molar-refractivity contribution in [1.82, 2.24) is 5.32 Å². The lowest BCUT2D eigenvalue weighted by atomic mass is 10.0. The van der Waals surface area contributed by atoms with Crippen LogP contribution in [-0.4, -0.2) is 5.54 Å². The summed E-state index contributed by atoms with van der Waals surface area (Å²) in [7, 11) is 0. The summed E-state index contributed by atoms with van der Waals surface area (Å²) in [5.41, 5.74) is 5.32. The molecule has 0 bridgehead atoms. The van der Waals surface area contributed by atoms with Crippen molar-refractivity contribution < 1.29 is 0 Å². The fourth-order valence-electron chi connectivity index (χ4n) is 0.376. The molecule has 0 aliphatic rings. The second kappa shape index (κ2) is 3.38. The van der Waals surface area contributed by atoms with Crippen molar-refractivity contribution in [2.45, 2.75) is 32.7 Å². The summed E-state index contributed by atoms with van der Waals surface area (Å²) in [4.78, 5) is 0. The Morgan fingerprint density at radius 3 is 2.44 bits per heavy atom. The molecule has 0 rings (SSSR count). The maximum Gasteiger partial charge on any atom is 0.0310 e. The van der Waals surface area contributed by atoms with Gasteiger partial charge >= 0.3 is 0 Å². The van der Waals surface area contributed by atoms with Crippen molar-refractivity contribution in [3.05, 3.63) is 12.4 Å². The van der Waals surface area contributed by atoms with E-state index in [4.69, 9.17) is 5.73 Å². The zero-order valence-electron chi connectivity index (χ0n) is 6.44. The molecule has 0 saturated carbocycles. The lowest BCUT2D eigenvalue weighted by Crippen LogP contribution is -2.34. The largest absolute Gasteiger partial charge is 0.403 e. The predicted octanol–water partition coefficient (Wildman–Crippen LogP) is 1.19. The topological polar surface area (TPSA) is 38.0 Å². The first-order chi connectivity index (χ1) is 4.12. The van der Waals surface area contributed by atoms with Crippen LogP contribution in [0.3, 0.4) is 0 Å². The molecule has 2 heteroatoms. The Morgan fingerprint density at radius 2 is 2.11 bits per heavy atom. The van der Waals surface area contributed by atoms with Crippen LogP contribution < -0.4 is 11.1 Å². The van der Waals surface area contributed by atoms with Crippen LogP contribution in [0.1, 0.15) is 27.2 Å². The molecule has 0 fully saturated rings. The zero-order valence-corrected chi connectivity index (χ0v) is 6.44. The minimum atomic E-state index is 0.176. The van der Waals surface area contributed by atoms with Gasteiger partial charge in [-0.2, -0.15) is 0 Å². The summed E-state index contributed by atoms with van der Waals surface area (Å²) in [6.45, 7) is 6.40. The van der Waals surface area contributed by atoms with Crippen LogP contribution in [0.5, 0.6) is 0 Å². The van der Waals surface area contributed by atoms with Crippen molar-refractivity contribution in [1.29, 1.82) is 0 Å². The summed E-state index contributed by atoms with van der Waals surface area (Å²) in [5.74, 6) is 0. The molecule has 0 unspecified atom stereocenters. The molecule has 54 valence electrons. The lowest BCUT2D eigenvalue weighted by molar-refractivity contribution is 0.428. The van der Waals surface area contributed by atoms with Gasteiger partial charge in [-0.3, -0.25) is 0 Å². The Balaban J connectivity index is 3.58. The van der Waals surface area contributed by atoms with Gasteiger partial charge in [0.15, 0.2) is 0 Å². The van der Waals surface area contributed by atoms with Gasteiger partial charge in [-0.15, -0.1) is 0 Å². The lowest BCUT2D eigenvalue weighted by Gasteiger charge is -2.22. The van der Waals surface area contributed by atoms with E-state index in [-0.39, 0.29) is 5.54 Å². The van der Waals surface area contributed by atoms with Gasteiger partial charge in [0, 0.05) is 17.9 Å².